The Morgan fingerprint density at radius 3 is 2.31 bits per heavy atom. The van der Waals surface area contributed by atoms with E-state index in [0.29, 0.717) is 6.07 Å². The molecule has 0 fully saturated rings. The molecule has 88 valence electrons. The van der Waals surface area contributed by atoms with Crippen LogP contribution in [-0.4, -0.2) is 10.0 Å². The Kier molecular flexibility index (Phi) is 3.13. The van der Waals surface area contributed by atoms with Crippen LogP contribution in [0.4, 0.5) is 23.2 Å². The van der Waals surface area contributed by atoms with Gasteiger partial charge in [-0.3, -0.25) is 10.1 Å². The van der Waals surface area contributed by atoms with Gasteiger partial charge in [0.1, 0.15) is 0 Å². The zero-order valence-corrected chi connectivity index (χ0v) is 7.58. The molecular weight excluding hydrogens is 234 g/mol. The molecule has 0 aliphatic heterocycles. The first-order valence-corrected chi connectivity index (χ1v) is 3.92. The van der Waals surface area contributed by atoms with Crippen molar-refractivity contribution in [2.75, 3.05) is 0 Å². The molecule has 1 aromatic carbocycles. The third-order valence-corrected chi connectivity index (χ3v) is 1.85. The molecule has 1 aromatic rings. The summed E-state index contributed by atoms with van der Waals surface area (Å²) in [4.78, 5) is 8.98. The van der Waals surface area contributed by atoms with E-state index in [4.69, 9.17) is 5.11 Å². The monoisotopic (exact) mass is 239 g/mol. The van der Waals surface area contributed by atoms with Gasteiger partial charge in [0.2, 0.25) is 5.82 Å². The summed E-state index contributed by atoms with van der Waals surface area (Å²) in [7, 11) is 0. The van der Waals surface area contributed by atoms with E-state index in [2.05, 4.69) is 0 Å². The molecular formula is C8H5F4NO3. The second kappa shape index (κ2) is 4.05. The maximum absolute atomic E-state index is 12.9. The van der Waals surface area contributed by atoms with Gasteiger partial charge in [0.15, 0.2) is 0 Å². The van der Waals surface area contributed by atoms with Crippen molar-refractivity contribution in [3.05, 3.63) is 39.2 Å². The minimum atomic E-state index is -4.88. The Morgan fingerprint density at radius 1 is 1.38 bits per heavy atom. The Morgan fingerprint density at radius 2 is 1.94 bits per heavy atom. The summed E-state index contributed by atoms with van der Waals surface area (Å²) in [6, 6.07) is 0.377. The van der Waals surface area contributed by atoms with Gasteiger partial charge in [0.05, 0.1) is 17.1 Å². The minimum Gasteiger partial charge on any atom is -0.392 e. The predicted octanol–water partition coefficient (Wildman–Crippen LogP) is 2.25. The van der Waals surface area contributed by atoms with Gasteiger partial charge in [-0.25, -0.2) is 0 Å². The van der Waals surface area contributed by atoms with Crippen LogP contribution < -0.4 is 0 Å². The van der Waals surface area contributed by atoms with Crippen LogP contribution in [0.25, 0.3) is 0 Å². The molecule has 0 saturated heterocycles. The fourth-order valence-corrected chi connectivity index (χ4v) is 1.14. The average molecular weight is 239 g/mol. The predicted molar refractivity (Wildman–Crippen MR) is 44.0 cm³/mol. The quantitative estimate of drug-likeness (QED) is 0.489. The number of halogens is 4. The maximum Gasteiger partial charge on any atom is 0.417 e. The third-order valence-electron chi connectivity index (χ3n) is 1.85. The highest BCUT2D eigenvalue weighted by Gasteiger charge is 2.36. The highest BCUT2D eigenvalue weighted by Crippen LogP contribution is 2.35. The van der Waals surface area contributed by atoms with E-state index in [0.717, 1.165) is 0 Å². The molecule has 0 aliphatic carbocycles. The molecule has 1 N–H and O–H groups in total. The van der Waals surface area contributed by atoms with Crippen LogP contribution in [0.15, 0.2) is 12.1 Å². The molecule has 0 aromatic heterocycles. The summed E-state index contributed by atoms with van der Waals surface area (Å²) in [5.74, 6) is -1.41. The largest absolute Gasteiger partial charge is 0.417 e. The first-order valence-electron chi connectivity index (χ1n) is 3.92. The number of alkyl halides is 3. The SMILES string of the molecule is O=[N+]([O-])c1cc(C(F)(F)F)c(CO)cc1F. The molecule has 0 aliphatic rings. The van der Waals surface area contributed by atoms with Crippen molar-refractivity contribution >= 4 is 5.69 Å². The van der Waals surface area contributed by atoms with Crippen molar-refractivity contribution in [3.8, 4) is 0 Å². The van der Waals surface area contributed by atoms with Crippen molar-refractivity contribution in [3.63, 3.8) is 0 Å². The molecule has 0 spiro atoms. The number of nitro groups is 1. The van der Waals surface area contributed by atoms with Gasteiger partial charge in [-0.2, -0.15) is 17.6 Å². The smallest absolute Gasteiger partial charge is 0.392 e. The number of hydrogen-bond donors (Lipinski definition) is 1. The van der Waals surface area contributed by atoms with Crippen LogP contribution in [0.1, 0.15) is 11.1 Å². The summed E-state index contributed by atoms with van der Waals surface area (Å²) < 4.78 is 50.0. The second-order valence-electron chi connectivity index (χ2n) is 2.87. The lowest BCUT2D eigenvalue weighted by atomic mass is 10.1. The zero-order valence-electron chi connectivity index (χ0n) is 7.58. The Balaban J connectivity index is 3.47. The lowest BCUT2D eigenvalue weighted by Crippen LogP contribution is -2.11. The fraction of sp³-hybridized carbons (Fsp3) is 0.250. The molecule has 1 rings (SSSR count). The Bertz CT molecular complexity index is 430. The lowest BCUT2D eigenvalue weighted by molar-refractivity contribution is -0.387. The summed E-state index contributed by atoms with van der Waals surface area (Å²) in [6.45, 7) is -1.05. The first-order chi connectivity index (χ1) is 7.27. The van der Waals surface area contributed by atoms with E-state index >= 15 is 0 Å². The van der Waals surface area contributed by atoms with Crippen molar-refractivity contribution < 1.29 is 27.6 Å². The lowest BCUT2D eigenvalue weighted by Gasteiger charge is -2.11. The van der Waals surface area contributed by atoms with Crippen molar-refractivity contribution in [2.45, 2.75) is 12.8 Å². The molecule has 4 nitrogen and oxygen atoms in total. The van der Waals surface area contributed by atoms with Gasteiger partial charge in [-0.15, -0.1) is 0 Å². The van der Waals surface area contributed by atoms with Gasteiger partial charge >= 0.3 is 11.9 Å². The fourth-order valence-electron chi connectivity index (χ4n) is 1.14. The second-order valence-corrected chi connectivity index (χ2v) is 2.87. The molecule has 0 atom stereocenters. The molecule has 8 heteroatoms. The standard InChI is InChI=1S/C8H5F4NO3/c9-6-1-4(3-14)5(8(10,11)12)2-7(6)13(15)16/h1-2,14H,3H2. The molecule has 0 bridgehead atoms. The molecule has 0 heterocycles. The molecule has 0 radical (unpaired) electrons. The molecule has 16 heavy (non-hydrogen) atoms. The highest BCUT2D eigenvalue weighted by atomic mass is 19.4. The van der Waals surface area contributed by atoms with E-state index in [-0.39, 0.29) is 6.07 Å². The zero-order chi connectivity index (χ0) is 12.5. The minimum absolute atomic E-state index is 0.0703. The number of hydrogen-bond acceptors (Lipinski definition) is 3. The number of aliphatic hydroxyl groups is 1. The number of nitrogens with zero attached hydrogens (tertiary/aromatic N) is 1. The van der Waals surface area contributed by atoms with Gasteiger partial charge in [0.25, 0.3) is 0 Å². The summed E-state index contributed by atoms with van der Waals surface area (Å²) in [5.41, 5.74) is -3.43. The van der Waals surface area contributed by atoms with Gasteiger partial charge in [0, 0.05) is 6.07 Å². The number of rotatable bonds is 2. The normalized spacial score (nSPS) is 11.6. The summed E-state index contributed by atoms with van der Waals surface area (Å²) in [6.07, 6.45) is -4.88. The topological polar surface area (TPSA) is 63.4 Å². The highest BCUT2D eigenvalue weighted by molar-refractivity contribution is 5.42. The average Bonchev–Trinajstić information content (AvgIpc) is 2.14. The summed E-state index contributed by atoms with van der Waals surface area (Å²) in [5, 5.41) is 18.8. The van der Waals surface area contributed by atoms with E-state index in [1.54, 1.807) is 0 Å². The van der Waals surface area contributed by atoms with Crippen molar-refractivity contribution in [1.82, 2.24) is 0 Å². The van der Waals surface area contributed by atoms with Crippen molar-refractivity contribution in [2.24, 2.45) is 0 Å². The van der Waals surface area contributed by atoms with E-state index in [9.17, 15) is 27.7 Å². The van der Waals surface area contributed by atoms with Crippen LogP contribution in [-0.2, 0) is 12.8 Å². The Labute approximate surface area is 86.3 Å². The van der Waals surface area contributed by atoms with E-state index in [1.165, 1.54) is 0 Å². The van der Waals surface area contributed by atoms with Gasteiger partial charge < -0.3 is 5.11 Å². The first kappa shape index (κ1) is 12.4. The maximum atomic E-state index is 12.9. The Hall–Kier alpha value is -1.70. The van der Waals surface area contributed by atoms with Crippen LogP contribution in [0, 0.1) is 15.9 Å². The van der Waals surface area contributed by atoms with Gasteiger partial charge in [-0.1, -0.05) is 0 Å². The number of benzene rings is 1. The van der Waals surface area contributed by atoms with E-state index in [1.807, 2.05) is 0 Å². The van der Waals surface area contributed by atoms with E-state index < -0.39 is 40.3 Å². The molecule has 0 saturated carbocycles. The van der Waals surface area contributed by atoms with Crippen molar-refractivity contribution in [1.29, 1.82) is 0 Å². The molecule has 0 amide bonds. The summed E-state index contributed by atoms with van der Waals surface area (Å²) >= 11 is 0. The van der Waals surface area contributed by atoms with Crippen LogP contribution in [0.3, 0.4) is 0 Å². The third kappa shape index (κ3) is 2.27. The van der Waals surface area contributed by atoms with Crippen LogP contribution in [0.2, 0.25) is 0 Å². The van der Waals surface area contributed by atoms with Crippen LogP contribution >= 0.6 is 0 Å². The number of nitro benzene ring substituents is 1. The number of aliphatic hydroxyl groups excluding tert-OH is 1. The molecule has 0 unspecified atom stereocenters. The van der Waals surface area contributed by atoms with Crippen LogP contribution in [0.5, 0.6) is 0 Å². The van der Waals surface area contributed by atoms with Gasteiger partial charge in [-0.05, 0) is 11.6 Å².